The van der Waals surface area contributed by atoms with Crippen molar-refractivity contribution in [3.05, 3.63) is 47.7 Å². The molecule has 3 heterocycles. The van der Waals surface area contributed by atoms with Gasteiger partial charge in [-0.1, -0.05) is 31.2 Å². The van der Waals surface area contributed by atoms with Gasteiger partial charge in [0.25, 0.3) is 5.91 Å². The summed E-state index contributed by atoms with van der Waals surface area (Å²) in [6.45, 7) is 6.28. The molecule has 2 saturated heterocycles. The highest BCUT2D eigenvalue weighted by Crippen LogP contribution is 2.36. The molecule has 36 heavy (non-hydrogen) atoms. The second-order valence-electron chi connectivity index (χ2n) is 10.7. The van der Waals surface area contributed by atoms with Crippen LogP contribution >= 0.6 is 0 Å². The molecular formula is C28H37FN4O3. The largest absolute Gasteiger partial charge is 0.390 e. The van der Waals surface area contributed by atoms with Crippen LogP contribution in [-0.4, -0.2) is 71.6 Å². The summed E-state index contributed by atoms with van der Waals surface area (Å²) in [4.78, 5) is 19.8. The first-order valence-electron chi connectivity index (χ1n) is 13.2. The van der Waals surface area contributed by atoms with Crippen LogP contribution in [0.3, 0.4) is 0 Å². The number of hydrogen-bond acceptors (Lipinski definition) is 6. The number of aliphatic hydroxyl groups excluding tert-OH is 1. The second kappa shape index (κ2) is 10.8. The van der Waals surface area contributed by atoms with E-state index >= 15 is 0 Å². The molecule has 3 aliphatic rings. The highest BCUT2D eigenvalue weighted by molar-refractivity contribution is 5.99. The molecule has 4 N–H and O–H groups in total. The van der Waals surface area contributed by atoms with Gasteiger partial charge in [-0.25, -0.2) is 9.37 Å². The highest BCUT2D eigenvalue weighted by Gasteiger charge is 2.35. The Morgan fingerprint density at radius 1 is 1.14 bits per heavy atom. The highest BCUT2D eigenvalue weighted by atomic mass is 19.1. The van der Waals surface area contributed by atoms with Crippen molar-refractivity contribution in [2.45, 2.75) is 69.3 Å². The number of nitrogen functional groups attached to an aromatic ring is 1. The Bertz CT molecular complexity index is 1060. The number of amides is 1. The van der Waals surface area contributed by atoms with Crippen molar-refractivity contribution in [2.24, 2.45) is 5.92 Å². The lowest BCUT2D eigenvalue weighted by Crippen LogP contribution is -2.43. The van der Waals surface area contributed by atoms with Gasteiger partial charge in [-0.2, -0.15) is 0 Å². The van der Waals surface area contributed by atoms with Crippen LogP contribution in [0.5, 0.6) is 0 Å². The molecular weight excluding hydrogens is 459 g/mol. The fourth-order valence-electron chi connectivity index (χ4n) is 6.02. The number of aliphatic hydroxyl groups is 1. The molecule has 5 atom stereocenters. The number of likely N-dealkylation sites (tertiary alicyclic amines) is 1. The van der Waals surface area contributed by atoms with Gasteiger partial charge in [-0.3, -0.25) is 9.69 Å². The van der Waals surface area contributed by atoms with Gasteiger partial charge in [0.05, 0.1) is 11.7 Å². The van der Waals surface area contributed by atoms with E-state index in [9.17, 15) is 14.3 Å². The van der Waals surface area contributed by atoms with Gasteiger partial charge in [0.2, 0.25) is 0 Å². The number of anilines is 1. The summed E-state index contributed by atoms with van der Waals surface area (Å²) in [6.07, 6.45) is 2.62. The molecule has 0 spiro atoms. The third-order valence-electron chi connectivity index (χ3n) is 8.26. The zero-order valence-electron chi connectivity index (χ0n) is 20.9. The number of rotatable bonds is 5. The number of alkyl halides is 1. The Hall–Kier alpha value is -2.55. The monoisotopic (exact) mass is 496 g/mol. The molecule has 1 saturated carbocycles. The van der Waals surface area contributed by atoms with Gasteiger partial charge in [0.1, 0.15) is 12.0 Å². The number of benzene rings is 1. The molecule has 2 aromatic rings. The number of nitrogens with two attached hydrogens (primary N) is 1. The minimum absolute atomic E-state index is 0.104. The molecule has 1 amide bonds. The zero-order chi connectivity index (χ0) is 25.2. The Kier molecular flexibility index (Phi) is 7.55. The van der Waals surface area contributed by atoms with E-state index in [0.717, 1.165) is 50.3 Å². The molecule has 194 valence electrons. The van der Waals surface area contributed by atoms with Crippen LogP contribution in [0.15, 0.2) is 36.5 Å². The van der Waals surface area contributed by atoms with E-state index in [-0.39, 0.29) is 29.8 Å². The van der Waals surface area contributed by atoms with Crippen molar-refractivity contribution >= 4 is 11.7 Å². The van der Waals surface area contributed by atoms with E-state index < -0.39 is 12.3 Å². The number of carbonyl (C=O) groups is 1. The molecule has 1 aromatic heterocycles. The fourth-order valence-corrected chi connectivity index (χ4v) is 6.02. The van der Waals surface area contributed by atoms with Gasteiger partial charge in [0, 0.05) is 62.5 Å². The number of nitrogens with zero attached hydrogens (tertiary/aromatic N) is 2. The predicted octanol–water partition coefficient (Wildman–Crippen LogP) is 3.53. The quantitative estimate of drug-likeness (QED) is 0.586. The summed E-state index contributed by atoms with van der Waals surface area (Å²) in [5.41, 5.74) is 9.42. The Balaban J connectivity index is 1.26. The number of halogens is 1. The molecule has 2 aliphatic heterocycles. The number of nitrogens with one attached hydrogen (secondary N) is 1. The molecule has 0 unspecified atom stereocenters. The minimum atomic E-state index is -1.32. The van der Waals surface area contributed by atoms with Crippen LogP contribution < -0.4 is 11.1 Å². The number of pyridine rings is 1. The molecule has 0 radical (unpaired) electrons. The van der Waals surface area contributed by atoms with Crippen molar-refractivity contribution in [1.82, 2.24) is 15.2 Å². The summed E-state index contributed by atoms with van der Waals surface area (Å²) < 4.78 is 19.4. The van der Waals surface area contributed by atoms with Crippen LogP contribution in [0.4, 0.5) is 10.2 Å². The number of aromatic nitrogens is 1. The van der Waals surface area contributed by atoms with E-state index in [4.69, 9.17) is 10.5 Å². The van der Waals surface area contributed by atoms with E-state index in [2.05, 4.69) is 46.4 Å². The predicted molar refractivity (Wildman–Crippen MR) is 137 cm³/mol. The second-order valence-corrected chi connectivity index (χ2v) is 10.7. The lowest BCUT2D eigenvalue weighted by atomic mass is 9.89. The summed E-state index contributed by atoms with van der Waals surface area (Å²) in [5.74, 6) is 0.881. The first kappa shape index (κ1) is 25.1. The van der Waals surface area contributed by atoms with Crippen LogP contribution in [-0.2, 0) is 4.74 Å². The van der Waals surface area contributed by atoms with E-state index in [1.807, 2.05) is 0 Å². The molecule has 8 heteroatoms. The summed E-state index contributed by atoms with van der Waals surface area (Å²) >= 11 is 0. The van der Waals surface area contributed by atoms with Gasteiger partial charge >= 0.3 is 0 Å². The topological polar surface area (TPSA) is 101 Å². The Morgan fingerprint density at radius 3 is 2.61 bits per heavy atom. The van der Waals surface area contributed by atoms with Gasteiger partial charge in [0.15, 0.2) is 0 Å². The van der Waals surface area contributed by atoms with Crippen molar-refractivity contribution in [3.63, 3.8) is 0 Å². The third-order valence-corrected chi connectivity index (χ3v) is 8.26. The normalized spacial score (nSPS) is 29.8. The average molecular weight is 497 g/mol. The summed E-state index contributed by atoms with van der Waals surface area (Å²) in [6, 6.07) is 10.6. The molecule has 1 aromatic carbocycles. The summed E-state index contributed by atoms with van der Waals surface area (Å²) in [7, 11) is 0. The lowest BCUT2D eigenvalue weighted by Gasteiger charge is -2.31. The Morgan fingerprint density at radius 2 is 1.89 bits per heavy atom. The third kappa shape index (κ3) is 5.41. The zero-order valence-corrected chi connectivity index (χ0v) is 20.9. The van der Waals surface area contributed by atoms with E-state index in [1.165, 1.54) is 5.56 Å². The maximum Gasteiger partial charge on any atom is 0.255 e. The first-order chi connectivity index (χ1) is 17.4. The Labute approximate surface area is 212 Å². The first-order valence-corrected chi connectivity index (χ1v) is 13.2. The van der Waals surface area contributed by atoms with Gasteiger partial charge < -0.3 is 20.9 Å². The van der Waals surface area contributed by atoms with Crippen molar-refractivity contribution in [3.8, 4) is 11.1 Å². The number of carbonyl (C=O) groups excluding carboxylic acids is 1. The van der Waals surface area contributed by atoms with Gasteiger partial charge in [-0.05, 0) is 48.8 Å². The van der Waals surface area contributed by atoms with Crippen molar-refractivity contribution < 1.29 is 19.0 Å². The molecule has 5 rings (SSSR count). The van der Waals surface area contributed by atoms with Crippen LogP contribution in [0.1, 0.15) is 60.9 Å². The minimum Gasteiger partial charge on any atom is -0.390 e. The molecule has 3 fully saturated rings. The van der Waals surface area contributed by atoms with Crippen LogP contribution in [0.25, 0.3) is 11.1 Å². The number of ether oxygens (including phenoxy) is 1. The summed E-state index contributed by atoms with van der Waals surface area (Å²) in [5, 5.41) is 12.5. The van der Waals surface area contributed by atoms with Crippen molar-refractivity contribution in [1.29, 1.82) is 0 Å². The molecule has 7 nitrogen and oxygen atoms in total. The van der Waals surface area contributed by atoms with Crippen LogP contribution in [0.2, 0.25) is 0 Å². The van der Waals surface area contributed by atoms with Crippen LogP contribution in [0, 0.1) is 5.92 Å². The van der Waals surface area contributed by atoms with Gasteiger partial charge in [-0.15, -0.1) is 0 Å². The maximum atomic E-state index is 13.9. The number of hydrogen-bond donors (Lipinski definition) is 3. The lowest BCUT2D eigenvalue weighted by molar-refractivity contribution is 0.0319. The maximum absolute atomic E-state index is 13.9. The molecule has 1 aliphatic carbocycles. The smallest absolute Gasteiger partial charge is 0.255 e. The fraction of sp³-hybridized carbons (Fsp3) is 0.571. The van der Waals surface area contributed by atoms with E-state index in [1.54, 1.807) is 12.3 Å². The average Bonchev–Trinajstić information content (AvgIpc) is 3.28. The SMILES string of the molecule is C[C@@H]1CN(C2CCOCC2)C[C@H]1c1ccc(-c2cnc(N)c(C(=O)N[C@@H]3CC[C@@H](O)[C@@H](F)C3)c2)cc1. The molecule has 0 bridgehead atoms. The van der Waals surface area contributed by atoms with E-state index in [0.29, 0.717) is 30.7 Å². The standard InChI is InChI=1S/C28H37FN4O3/c1-17-15-33(22-8-10-36-11-9-22)16-24(17)19-4-2-18(3-5-19)20-12-23(27(30)31-14-20)28(35)32-21-6-7-26(34)25(29)13-21/h2-5,12,14,17,21-22,24-26,34H,6-11,13,15-16H2,1H3,(H2,30,31)(H,32,35)/t17-,21-,24-,25+,26-/m1/s1. The van der Waals surface area contributed by atoms with Crippen molar-refractivity contribution in [2.75, 3.05) is 32.0 Å².